The molecule has 1 aromatic heterocycles. The maximum atomic E-state index is 12.4. The lowest BCUT2D eigenvalue weighted by Gasteiger charge is -2.11. The summed E-state index contributed by atoms with van der Waals surface area (Å²) in [6.07, 6.45) is 0. The third-order valence-electron chi connectivity index (χ3n) is 2.60. The Morgan fingerprint density at radius 2 is 1.80 bits per heavy atom. The van der Waals surface area contributed by atoms with Gasteiger partial charge in [-0.25, -0.2) is 8.42 Å². The molecule has 9 heteroatoms. The van der Waals surface area contributed by atoms with Crippen LogP contribution in [0, 0.1) is 13.8 Å². The Morgan fingerprint density at radius 3 is 2.25 bits per heavy atom. The molecule has 0 amide bonds. The summed E-state index contributed by atoms with van der Waals surface area (Å²) in [6.45, 7) is 3.40. The third kappa shape index (κ3) is 2.95. The van der Waals surface area contributed by atoms with Gasteiger partial charge in [0.2, 0.25) is 0 Å². The fourth-order valence-electron chi connectivity index (χ4n) is 1.67. The zero-order valence-electron chi connectivity index (χ0n) is 10.5. The summed E-state index contributed by atoms with van der Waals surface area (Å²) in [5.74, 6) is 0. The Labute approximate surface area is 134 Å². The van der Waals surface area contributed by atoms with Gasteiger partial charge in [0, 0.05) is 4.47 Å². The molecular weight excluding hydrogens is 389 g/mol. The predicted octanol–water partition coefficient (Wildman–Crippen LogP) is 3.90. The smallest absolute Gasteiger partial charge is 0.264 e. The second-order valence-corrected chi connectivity index (χ2v) is 7.46. The SMILES string of the molecule is Cc1n[nH]c(C)c1NS(=O)(=O)c1c(Cl)cc(Br)cc1Cl. The van der Waals surface area contributed by atoms with Crippen LogP contribution in [0.25, 0.3) is 0 Å². The Morgan fingerprint density at radius 1 is 1.25 bits per heavy atom. The summed E-state index contributed by atoms with van der Waals surface area (Å²) in [6, 6.07) is 2.94. The lowest BCUT2D eigenvalue weighted by atomic mass is 10.3. The Kier molecular flexibility index (Phi) is 4.34. The van der Waals surface area contributed by atoms with Gasteiger partial charge >= 0.3 is 0 Å². The van der Waals surface area contributed by atoms with Crippen molar-refractivity contribution >= 4 is 54.8 Å². The molecule has 108 valence electrons. The number of sulfonamides is 1. The number of nitrogens with zero attached hydrogens (tertiary/aromatic N) is 1. The molecule has 0 fully saturated rings. The minimum Gasteiger partial charge on any atom is -0.280 e. The van der Waals surface area contributed by atoms with Gasteiger partial charge in [0.1, 0.15) is 4.90 Å². The van der Waals surface area contributed by atoms with Crippen LogP contribution in [-0.2, 0) is 10.0 Å². The van der Waals surface area contributed by atoms with Crippen molar-refractivity contribution in [1.82, 2.24) is 10.2 Å². The molecule has 0 aliphatic heterocycles. The molecule has 0 radical (unpaired) electrons. The molecule has 0 atom stereocenters. The van der Waals surface area contributed by atoms with Gasteiger partial charge in [0.15, 0.2) is 0 Å². The Hall–Kier alpha value is -0.760. The van der Waals surface area contributed by atoms with Gasteiger partial charge in [0.25, 0.3) is 10.0 Å². The first kappa shape index (κ1) is 15.6. The van der Waals surface area contributed by atoms with Gasteiger partial charge in [-0.2, -0.15) is 5.10 Å². The van der Waals surface area contributed by atoms with E-state index in [0.29, 0.717) is 21.5 Å². The maximum Gasteiger partial charge on any atom is 0.264 e. The van der Waals surface area contributed by atoms with Gasteiger partial charge < -0.3 is 0 Å². The lowest BCUT2D eigenvalue weighted by molar-refractivity contribution is 0.601. The van der Waals surface area contributed by atoms with Crippen LogP contribution in [0.5, 0.6) is 0 Å². The number of benzene rings is 1. The van der Waals surface area contributed by atoms with Gasteiger partial charge in [-0.3, -0.25) is 9.82 Å². The number of aryl methyl sites for hydroxylation is 2. The van der Waals surface area contributed by atoms with Crippen LogP contribution < -0.4 is 4.72 Å². The summed E-state index contributed by atoms with van der Waals surface area (Å²) >= 11 is 15.2. The maximum absolute atomic E-state index is 12.4. The van der Waals surface area contributed by atoms with Crippen LogP contribution in [0.3, 0.4) is 0 Å². The van der Waals surface area contributed by atoms with E-state index < -0.39 is 10.0 Å². The van der Waals surface area contributed by atoms with Crippen LogP contribution in [-0.4, -0.2) is 18.6 Å². The minimum absolute atomic E-state index is 0.0377. The number of anilines is 1. The van der Waals surface area contributed by atoms with Crippen molar-refractivity contribution in [2.24, 2.45) is 0 Å². The number of hydrogen-bond acceptors (Lipinski definition) is 3. The monoisotopic (exact) mass is 397 g/mol. The van der Waals surface area contributed by atoms with E-state index in [9.17, 15) is 8.42 Å². The average Bonchev–Trinajstić information content (AvgIpc) is 2.58. The highest BCUT2D eigenvalue weighted by Crippen LogP contribution is 2.34. The van der Waals surface area contributed by atoms with E-state index in [4.69, 9.17) is 23.2 Å². The van der Waals surface area contributed by atoms with Crippen molar-refractivity contribution in [3.05, 3.63) is 38.0 Å². The highest BCUT2D eigenvalue weighted by Gasteiger charge is 2.24. The van der Waals surface area contributed by atoms with Crippen LogP contribution in [0.4, 0.5) is 5.69 Å². The molecule has 0 aliphatic carbocycles. The minimum atomic E-state index is -3.90. The summed E-state index contributed by atoms with van der Waals surface area (Å²) in [5, 5.41) is 6.70. The van der Waals surface area contributed by atoms with E-state index in [0.717, 1.165) is 0 Å². The summed E-state index contributed by atoms with van der Waals surface area (Å²) in [4.78, 5) is -0.163. The normalized spacial score (nSPS) is 11.7. The lowest BCUT2D eigenvalue weighted by Crippen LogP contribution is -2.15. The van der Waals surface area contributed by atoms with Gasteiger partial charge in [0.05, 0.1) is 27.1 Å². The fourth-order valence-corrected chi connectivity index (χ4v) is 4.79. The Bertz CT molecular complexity index is 731. The molecule has 20 heavy (non-hydrogen) atoms. The standard InChI is InChI=1S/C11H10BrCl2N3O2S/c1-5-10(6(2)16-15-5)17-20(18,19)11-8(13)3-7(12)4-9(11)14/h3-4,17H,1-2H3,(H,15,16). The summed E-state index contributed by atoms with van der Waals surface area (Å²) in [5.41, 5.74) is 1.53. The van der Waals surface area contributed by atoms with Crippen molar-refractivity contribution in [3.63, 3.8) is 0 Å². The number of halogens is 3. The number of nitrogens with one attached hydrogen (secondary N) is 2. The van der Waals surface area contributed by atoms with E-state index in [1.54, 1.807) is 13.8 Å². The van der Waals surface area contributed by atoms with Crippen LogP contribution in [0.2, 0.25) is 10.0 Å². The van der Waals surface area contributed by atoms with Crippen molar-refractivity contribution in [1.29, 1.82) is 0 Å². The first-order valence-electron chi connectivity index (χ1n) is 5.41. The van der Waals surface area contributed by atoms with Gasteiger partial charge in [-0.05, 0) is 26.0 Å². The molecule has 2 aromatic rings. The van der Waals surface area contributed by atoms with Crippen LogP contribution in [0.1, 0.15) is 11.4 Å². The van der Waals surface area contributed by atoms with Gasteiger partial charge in [-0.1, -0.05) is 39.1 Å². The van der Waals surface area contributed by atoms with E-state index in [1.807, 2.05) is 0 Å². The van der Waals surface area contributed by atoms with Crippen molar-refractivity contribution in [2.45, 2.75) is 18.7 Å². The van der Waals surface area contributed by atoms with E-state index in [-0.39, 0.29) is 14.9 Å². The fraction of sp³-hybridized carbons (Fsp3) is 0.182. The molecule has 0 bridgehead atoms. The summed E-state index contributed by atoms with van der Waals surface area (Å²) in [7, 11) is -3.90. The molecule has 0 aliphatic rings. The van der Waals surface area contributed by atoms with Gasteiger partial charge in [-0.15, -0.1) is 0 Å². The molecule has 0 unspecified atom stereocenters. The largest absolute Gasteiger partial charge is 0.280 e. The topological polar surface area (TPSA) is 74.8 Å². The third-order valence-corrected chi connectivity index (χ3v) is 5.32. The summed E-state index contributed by atoms with van der Waals surface area (Å²) < 4.78 is 27.9. The Balaban J connectivity index is 2.52. The highest BCUT2D eigenvalue weighted by atomic mass is 79.9. The zero-order valence-corrected chi connectivity index (χ0v) is 14.4. The zero-order chi connectivity index (χ0) is 15.1. The quantitative estimate of drug-likeness (QED) is 0.823. The second-order valence-electron chi connectivity index (χ2n) is 4.11. The molecule has 5 nitrogen and oxygen atoms in total. The second kappa shape index (κ2) is 5.55. The van der Waals surface area contributed by atoms with Crippen molar-refractivity contribution < 1.29 is 8.42 Å². The molecule has 1 heterocycles. The number of rotatable bonds is 3. The van der Waals surface area contributed by atoms with E-state index in [2.05, 4.69) is 30.8 Å². The van der Waals surface area contributed by atoms with E-state index in [1.165, 1.54) is 12.1 Å². The molecule has 0 saturated heterocycles. The number of H-pyrrole nitrogens is 1. The van der Waals surface area contributed by atoms with Crippen molar-refractivity contribution in [2.75, 3.05) is 4.72 Å². The van der Waals surface area contributed by atoms with E-state index >= 15 is 0 Å². The van der Waals surface area contributed by atoms with Crippen LogP contribution in [0.15, 0.2) is 21.5 Å². The van der Waals surface area contributed by atoms with Crippen LogP contribution >= 0.6 is 39.1 Å². The predicted molar refractivity (Wildman–Crippen MR) is 83.0 cm³/mol. The molecular formula is C11H10BrCl2N3O2S. The molecule has 1 aromatic carbocycles. The number of aromatic nitrogens is 2. The molecule has 0 saturated carbocycles. The average molecular weight is 399 g/mol. The first-order chi connectivity index (χ1) is 9.22. The number of aromatic amines is 1. The molecule has 0 spiro atoms. The first-order valence-corrected chi connectivity index (χ1v) is 8.44. The molecule has 2 N–H and O–H groups in total. The highest BCUT2D eigenvalue weighted by molar-refractivity contribution is 9.10. The molecule has 2 rings (SSSR count). The van der Waals surface area contributed by atoms with Crippen molar-refractivity contribution in [3.8, 4) is 0 Å². The number of hydrogen-bond donors (Lipinski definition) is 2.